The largest absolute Gasteiger partial charge is 0.480 e. The molecule has 0 aliphatic carbocycles. The van der Waals surface area contributed by atoms with Crippen molar-refractivity contribution in [2.75, 3.05) is 19.6 Å². The van der Waals surface area contributed by atoms with Crippen molar-refractivity contribution in [1.29, 1.82) is 0 Å². The fraction of sp³-hybridized carbons (Fsp3) is 0.700. The molecule has 1 N–H and O–H groups in total. The van der Waals surface area contributed by atoms with E-state index in [1.165, 1.54) is 0 Å². The lowest BCUT2D eigenvalue weighted by Crippen LogP contribution is -2.47. The fourth-order valence-electron chi connectivity index (χ4n) is 1.80. The van der Waals surface area contributed by atoms with Gasteiger partial charge in [0.1, 0.15) is 0 Å². The van der Waals surface area contributed by atoms with Gasteiger partial charge in [-0.3, -0.25) is 9.69 Å². The number of aromatic nitrogens is 2. The summed E-state index contributed by atoms with van der Waals surface area (Å²) in [5.41, 5.74) is 0. The van der Waals surface area contributed by atoms with E-state index in [9.17, 15) is 4.79 Å². The van der Waals surface area contributed by atoms with E-state index in [1.807, 2.05) is 4.90 Å². The van der Waals surface area contributed by atoms with Crippen LogP contribution in [0.5, 0.6) is 0 Å². The molecule has 16 heavy (non-hydrogen) atoms. The van der Waals surface area contributed by atoms with Crippen molar-refractivity contribution in [3.63, 3.8) is 0 Å². The molecule has 0 amide bonds. The van der Waals surface area contributed by atoms with E-state index in [4.69, 9.17) is 9.63 Å². The van der Waals surface area contributed by atoms with Gasteiger partial charge in [-0.25, -0.2) is 0 Å². The standard InChI is InChI=1S/C10H15N3O3/c1-2-3-8-11-10(16-12-8)7-4-13(5-7)6-9(14)15/h7H,2-6H2,1H3,(H,14,15). The second-order valence-corrected chi connectivity index (χ2v) is 4.08. The molecule has 0 bridgehead atoms. The Labute approximate surface area is 93.2 Å². The first-order valence-corrected chi connectivity index (χ1v) is 5.45. The molecule has 1 saturated heterocycles. The van der Waals surface area contributed by atoms with Gasteiger partial charge in [0.2, 0.25) is 5.89 Å². The molecule has 0 unspecified atom stereocenters. The third-order valence-corrected chi connectivity index (χ3v) is 2.62. The zero-order chi connectivity index (χ0) is 11.5. The van der Waals surface area contributed by atoms with Gasteiger partial charge < -0.3 is 9.63 Å². The van der Waals surface area contributed by atoms with Gasteiger partial charge in [-0.15, -0.1) is 0 Å². The first kappa shape index (κ1) is 11.1. The molecule has 2 heterocycles. The molecule has 2 rings (SSSR count). The fourth-order valence-corrected chi connectivity index (χ4v) is 1.80. The number of likely N-dealkylation sites (tertiary alicyclic amines) is 1. The van der Waals surface area contributed by atoms with Crippen molar-refractivity contribution in [2.45, 2.75) is 25.7 Å². The molecule has 1 aliphatic rings. The topological polar surface area (TPSA) is 79.5 Å². The maximum atomic E-state index is 10.4. The van der Waals surface area contributed by atoms with Crippen LogP contribution in [0.25, 0.3) is 0 Å². The number of carboxylic acid groups (broad SMARTS) is 1. The summed E-state index contributed by atoms with van der Waals surface area (Å²) < 4.78 is 5.14. The number of hydrogen-bond donors (Lipinski definition) is 1. The van der Waals surface area contributed by atoms with Gasteiger partial charge >= 0.3 is 5.97 Å². The molecule has 1 aliphatic heterocycles. The first-order valence-electron chi connectivity index (χ1n) is 5.45. The second-order valence-electron chi connectivity index (χ2n) is 4.08. The minimum atomic E-state index is -0.796. The zero-order valence-electron chi connectivity index (χ0n) is 9.22. The summed E-state index contributed by atoms with van der Waals surface area (Å²) in [5, 5.41) is 12.5. The highest BCUT2D eigenvalue weighted by molar-refractivity contribution is 5.69. The Kier molecular flexibility index (Phi) is 3.19. The Morgan fingerprint density at radius 1 is 1.62 bits per heavy atom. The number of carbonyl (C=O) groups is 1. The zero-order valence-corrected chi connectivity index (χ0v) is 9.22. The third-order valence-electron chi connectivity index (χ3n) is 2.62. The van der Waals surface area contributed by atoms with E-state index < -0.39 is 5.97 Å². The van der Waals surface area contributed by atoms with Crippen LogP contribution in [-0.2, 0) is 11.2 Å². The lowest BCUT2D eigenvalue weighted by molar-refractivity contribution is -0.139. The number of carboxylic acids is 1. The van der Waals surface area contributed by atoms with E-state index in [0.29, 0.717) is 19.0 Å². The lowest BCUT2D eigenvalue weighted by atomic mass is 10.0. The maximum absolute atomic E-state index is 10.4. The van der Waals surface area contributed by atoms with Crippen molar-refractivity contribution in [3.8, 4) is 0 Å². The summed E-state index contributed by atoms with van der Waals surface area (Å²) in [6, 6.07) is 0. The minimum Gasteiger partial charge on any atom is -0.480 e. The van der Waals surface area contributed by atoms with Crippen LogP contribution < -0.4 is 0 Å². The van der Waals surface area contributed by atoms with E-state index in [2.05, 4.69) is 17.1 Å². The number of nitrogens with zero attached hydrogens (tertiary/aromatic N) is 3. The average molecular weight is 225 g/mol. The Morgan fingerprint density at radius 2 is 2.38 bits per heavy atom. The van der Waals surface area contributed by atoms with E-state index in [1.54, 1.807) is 0 Å². The Balaban J connectivity index is 1.84. The van der Waals surface area contributed by atoms with Gasteiger partial charge in [-0.05, 0) is 6.42 Å². The predicted molar refractivity (Wildman–Crippen MR) is 55.1 cm³/mol. The van der Waals surface area contributed by atoms with Crippen LogP contribution in [0.3, 0.4) is 0 Å². The normalized spacial score (nSPS) is 17.3. The van der Waals surface area contributed by atoms with E-state index in [0.717, 1.165) is 18.7 Å². The van der Waals surface area contributed by atoms with Gasteiger partial charge in [0, 0.05) is 19.5 Å². The van der Waals surface area contributed by atoms with Crippen LogP contribution in [0.2, 0.25) is 0 Å². The van der Waals surface area contributed by atoms with Crippen molar-refractivity contribution in [1.82, 2.24) is 15.0 Å². The molecule has 0 aromatic carbocycles. The van der Waals surface area contributed by atoms with Crippen molar-refractivity contribution >= 4 is 5.97 Å². The molecule has 1 aromatic heterocycles. The Bertz CT molecular complexity index is 371. The first-order chi connectivity index (χ1) is 7.69. The maximum Gasteiger partial charge on any atom is 0.317 e. The third kappa shape index (κ3) is 2.38. The predicted octanol–water partition coefficient (Wildman–Crippen LogP) is 0.506. The quantitative estimate of drug-likeness (QED) is 0.786. The van der Waals surface area contributed by atoms with Crippen molar-refractivity contribution < 1.29 is 14.4 Å². The van der Waals surface area contributed by atoms with Gasteiger partial charge in [0.05, 0.1) is 12.5 Å². The van der Waals surface area contributed by atoms with Crippen LogP contribution >= 0.6 is 0 Å². The number of rotatable bonds is 5. The minimum absolute atomic E-state index is 0.0897. The Hall–Kier alpha value is -1.43. The molecule has 88 valence electrons. The van der Waals surface area contributed by atoms with Gasteiger partial charge in [-0.2, -0.15) is 4.98 Å². The van der Waals surface area contributed by atoms with E-state index in [-0.39, 0.29) is 12.5 Å². The molecule has 6 nitrogen and oxygen atoms in total. The highest BCUT2D eigenvalue weighted by Gasteiger charge is 2.33. The van der Waals surface area contributed by atoms with Crippen LogP contribution in [-0.4, -0.2) is 45.8 Å². The number of hydrogen-bond acceptors (Lipinski definition) is 5. The molecule has 0 radical (unpaired) electrons. The summed E-state index contributed by atoms with van der Waals surface area (Å²) >= 11 is 0. The van der Waals surface area contributed by atoms with Crippen LogP contribution in [0, 0.1) is 0 Å². The summed E-state index contributed by atoms with van der Waals surface area (Å²) in [5.74, 6) is 0.799. The van der Waals surface area contributed by atoms with Crippen LogP contribution in [0.1, 0.15) is 31.0 Å². The van der Waals surface area contributed by atoms with Gasteiger partial charge in [-0.1, -0.05) is 12.1 Å². The average Bonchev–Trinajstić information content (AvgIpc) is 2.59. The molecule has 1 fully saturated rings. The van der Waals surface area contributed by atoms with Gasteiger partial charge in [0.25, 0.3) is 0 Å². The molecule has 0 atom stereocenters. The Morgan fingerprint density at radius 3 is 3.00 bits per heavy atom. The molecule has 6 heteroatoms. The van der Waals surface area contributed by atoms with E-state index >= 15 is 0 Å². The molecule has 1 aromatic rings. The number of aliphatic carboxylic acids is 1. The highest BCUT2D eigenvalue weighted by Crippen LogP contribution is 2.25. The molecule has 0 spiro atoms. The summed E-state index contributed by atoms with van der Waals surface area (Å²) in [6.07, 6.45) is 1.82. The van der Waals surface area contributed by atoms with Crippen LogP contribution in [0.15, 0.2) is 4.52 Å². The molecule has 0 saturated carbocycles. The van der Waals surface area contributed by atoms with Crippen LogP contribution in [0.4, 0.5) is 0 Å². The lowest BCUT2D eigenvalue weighted by Gasteiger charge is -2.35. The molecular formula is C10H15N3O3. The summed E-state index contributed by atoms with van der Waals surface area (Å²) in [6.45, 7) is 3.54. The SMILES string of the molecule is CCCc1noc(C2CN(CC(=O)O)C2)n1. The monoisotopic (exact) mass is 225 g/mol. The summed E-state index contributed by atoms with van der Waals surface area (Å²) in [7, 11) is 0. The van der Waals surface area contributed by atoms with Crippen molar-refractivity contribution in [2.24, 2.45) is 0 Å². The highest BCUT2D eigenvalue weighted by atomic mass is 16.5. The van der Waals surface area contributed by atoms with Crippen molar-refractivity contribution in [3.05, 3.63) is 11.7 Å². The second kappa shape index (κ2) is 4.61. The summed E-state index contributed by atoms with van der Waals surface area (Å²) in [4.78, 5) is 16.6. The number of aryl methyl sites for hydroxylation is 1. The van der Waals surface area contributed by atoms with Gasteiger partial charge in [0.15, 0.2) is 5.82 Å². The smallest absolute Gasteiger partial charge is 0.317 e. The molecular weight excluding hydrogens is 210 g/mol.